The number of carbonyl (C=O) groups is 4. The molecule has 2 unspecified atom stereocenters. The normalized spacial score (nSPS) is 18.8. The summed E-state index contributed by atoms with van der Waals surface area (Å²) in [5.74, 6) is 0.571. The van der Waals surface area contributed by atoms with Gasteiger partial charge < -0.3 is 33.0 Å². The number of hydrogen-bond acceptors (Lipinski definition) is 13. The average Bonchev–Trinajstić information content (AvgIpc) is 3.37. The van der Waals surface area contributed by atoms with Crippen LogP contribution in [0.5, 0.6) is 17.2 Å². The van der Waals surface area contributed by atoms with Gasteiger partial charge in [-0.15, -0.1) is 0 Å². The number of fused-ring (bicyclic) bond motifs is 2. The van der Waals surface area contributed by atoms with Crippen molar-refractivity contribution in [2.24, 2.45) is 16.7 Å². The highest BCUT2D eigenvalue weighted by atomic mass is 32.2. The SMILES string of the molecule is CC(C)(C)OC(=O)Oc1cccc([S+](c2cccc(OC(=O)OC(C)(C)C)c2)c2cccc(OC(=O)OC(C)(C)C)c2)c1.CC1(C)C2CCC1(CS(=O)(=O)[O-])C(=O)C2. The van der Waals surface area contributed by atoms with E-state index >= 15 is 0 Å². The Bertz CT molecular complexity index is 1930. The Labute approximate surface area is 344 Å². The van der Waals surface area contributed by atoms with E-state index < -0.39 is 67.5 Å². The van der Waals surface area contributed by atoms with Crippen LogP contribution in [-0.2, 0) is 40.0 Å². The summed E-state index contributed by atoms with van der Waals surface area (Å²) in [5.41, 5.74) is -3.38. The van der Waals surface area contributed by atoms with Gasteiger partial charge in [-0.1, -0.05) is 32.0 Å². The smallest absolute Gasteiger partial charge is 0.514 e. The molecule has 2 fully saturated rings. The molecule has 0 N–H and O–H groups in total. The van der Waals surface area contributed by atoms with Crippen molar-refractivity contribution in [1.82, 2.24) is 0 Å². The van der Waals surface area contributed by atoms with E-state index in [4.69, 9.17) is 28.4 Å². The number of ether oxygens (including phenoxy) is 6. The third-order valence-corrected chi connectivity index (χ3v) is 12.5. The van der Waals surface area contributed by atoms with E-state index in [0.717, 1.165) is 21.1 Å². The number of rotatable bonds is 8. The number of Topliss-reactive ketones (excluding diaryl/α,β-unsaturated/α-hetero) is 1. The molecule has 5 rings (SSSR count). The van der Waals surface area contributed by atoms with Gasteiger partial charge in [-0.25, -0.2) is 22.8 Å². The molecule has 316 valence electrons. The number of hydrogen-bond donors (Lipinski definition) is 0. The Hall–Kier alpha value is -4.60. The van der Waals surface area contributed by atoms with Gasteiger partial charge in [0.25, 0.3) is 0 Å². The molecule has 2 bridgehead atoms. The van der Waals surface area contributed by atoms with E-state index in [2.05, 4.69) is 0 Å². The van der Waals surface area contributed by atoms with Crippen molar-refractivity contribution in [2.75, 3.05) is 5.75 Å². The van der Waals surface area contributed by atoms with E-state index in [-0.39, 0.29) is 34.4 Å². The lowest BCUT2D eigenvalue weighted by Crippen LogP contribution is -2.42. The first-order valence-corrected chi connectivity index (χ1v) is 21.6. The average molecular weight is 843 g/mol. The number of benzene rings is 3. The lowest BCUT2D eigenvalue weighted by molar-refractivity contribution is -0.128. The quantitative estimate of drug-likeness (QED) is 0.0688. The van der Waals surface area contributed by atoms with Gasteiger partial charge in [0.1, 0.15) is 39.8 Å². The Kier molecular flexibility index (Phi) is 13.8. The van der Waals surface area contributed by atoms with Crippen LogP contribution in [0.3, 0.4) is 0 Å². The van der Waals surface area contributed by atoms with Gasteiger partial charge in [0.05, 0.1) is 26.8 Å². The molecule has 3 aromatic carbocycles. The highest BCUT2D eigenvalue weighted by molar-refractivity contribution is 7.97. The first-order valence-electron chi connectivity index (χ1n) is 18.8. The fraction of sp³-hybridized carbons (Fsp3) is 0.488. The van der Waals surface area contributed by atoms with Gasteiger partial charge in [-0.05, 0) is 123 Å². The molecule has 13 nitrogen and oxygen atoms in total. The van der Waals surface area contributed by atoms with E-state index in [1.165, 1.54) is 0 Å². The van der Waals surface area contributed by atoms with Crippen molar-refractivity contribution >= 4 is 45.3 Å². The molecule has 15 heteroatoms. The maximum atomic E-state index is 12.4. The van der Waals surface area contributed by atoms with Crippen molar-refractivity contribution < 1.29 is 60.6 Å². The molecular formula is C43H54O13S2. The summed E-state index contributed by atoms with van der Waals surface area (Å²) < 4.78 is 65.0. The standard InChI is InChI=1S/C33H39O9S.C10H16O4S/c1-31(2,3)40-28(34)37-22-13-10-16-25(19-22)43(26-17-11-14-23(20-26)38-29(35)41-32(4,5)6)27-18-12-15-24(21-27)39-30(36)42-33(7,8)9;1-9(2)7-3-4-10(9,8(11)5-7)6-15(12,13)14/h10-21H,1-9H3;7H,3-6H2,1-2H3,(H,12,13,14)/q+1;/p-1. The Balaban J connectivity index is 0.000000411. The zero-order valence-electron chi connectivity index (χ0n) is 35.0. The summed E-state index contributed by atoms with van der Waals surface area (Å²) >= 11 is 0. The third-order valence-electron chi connectivity index (χ3n) is 9.46. The van der Waals surface area contributed by atoms with Crippen molar-refractivity contribution in [3.63, 3.8) is 0 Å². The highest BCUT2D eigenvalue weighted by Gasteiger charge is 2.64. The van der Waals surface area contributed by atoms with Crippen LogP contribution < -0.4 is 14.2 Å². The molecule has 2 saturated carbocycles. The molecular weight excluding hydrogens is 789 g/mol. The van der Waals surface area contributed by atoms with E-state index in [1.807, 2.05) is 32.0 Å². The predicted molar refractivity (Wildman–Crippen MR) is 215 cm³/mol. The zero-order valence-corrected chi connectivity index (χ0v) is 36.6. The minimum Gasteiger partial charge on any atom is -0.748 e. The van der Waals surface area contributed by atoms with Crippen LogP contribution in [0.1, 0.15) is 95.4 Å². The van der Waals surface area contributed by atoms with Gasteiger partial charge in [0.2, 0.25) is 0 Å². The van der Waals surface area contributed by atoms with Crippen LogP contribution >= 0.6 is 0 Å². The van der Waals surface area contributed by atoms with Gasteiger partial charge >= 0.3 is 18.5 Å². The van der Waals surface area contributed by atoms with Crippen LogP contribution in [0.4, 0.5) is 14.4 Å². The van der Waals surface area contributed by atoms with Crippen LogP contribution in [0.2, 0.25) is 0 Å². The number of carbonyl (C=O) groups excluding carboxylic acids is 4. The number of ketones is 1. The molecule has 0 radical (unpaired) electrons. The summed E-state index contributed by atoms with van der Waals surface area (Å²) in [4.78, 5) is 51.3. The first-order chi connectivity index (χ1) is 26.6. The van der Waals surface area contributed by atoms with Crippen molar-refractivity contribution in [3.8, 4) is 17.2 Å². The molecule has 2 aliphatic rings. The maximum Gasteiger partial charge on any atom is 0.514 e. The Morgan fingerprint density at radius 1 is 0.672 bits per heavy atom. The van der Waals surface area contributed by atoms with E-state index in [9.17, 15) is 32.1 Å². The molecule has 0 amide bonds. The van der Waals surface area contributed by atoms with E-state index in [1.54, 1.807) is 117 Å². The van der Waals surface area contributed by atoms with Gasteiger partial charge in [0, 0.05) is 30.0 Å². The lowest BCUT2D eigenvalue weighted by atomic mass is 9.70. The van der Waals surface area contributed by atoms with Crippen molar-refractivity contribution in [1.29, 1.82) is 0 Å². The molecule has 3 aromatic rings. The highest BCUT2D eigenvalue weighted by Crippen LogP contribution is 2.64. The second kappa shape index (κ2) is 17.3. The third kappa shape index (κ3) is 12.7. The van der Waals surface area contributed by atoms with E-state index in [0.29, 0.717) is 12.8 Å². The van der Waals surface area contributed by atoms with Gasteiger partial charge in [0.15, 0.2) is 14.7 Å². The molecule has 0 aliphatic heterocycles. The fourth-order valence-corrected chi connectivity index (χ4v) is 10.4. The largest absolute Gasteiger partial charge is 0.748 e. The maximum absolute atomic E-state index is 12.4. The minimum atomic E-state index is -4.33. The lowest BCUT2D eigenvalue weighted by Gasteiger charge is -2.37. The summed E-state index contributed by atoms with van der Waals surface area (Å²) in [6, 6.07) is 21.1. The van der Waals surface area contributed by atoms with Crippen molar-refractivity contribution in [2.45, 2.75) is 127 Å². The van der Waals surface area contributed by atoms with Crippen LogP contribution in [0, 0.1) is 16.7 Å². The molecule has 58 heavy (non-hydrogen) atoms. The van der Waals surface area contributed by atoms with Crippen LogP contribution in [0.15, 0.2) is 87.5 Å². The topological polar surface area (TPSA) is 181 Å². The van der Waals surface area contributed by atoms with Crippen LogP contribution in [-0.4, -0.2) is 59.8 Å². The second-order valence-corrected chi connectivity index (χ2v) is 21.2. The molecule has 2 aliphatic carbocycles. The van der Waals surface area contributed by atoms with Crippen molar-refractivity contribution in [3.05, 3.63) is 72.8 Å². The molecule has 0 saturated heterocycles. The summed E-state index contributed by atoms with van der Waals surface area (Å²) in [6.45, 7) is 19.6. The Morgan fingerprint density at radius 3 is 1.28 bits per heavy atom. The monoisotopic (exact) mass is 842 g/mol. The summed E-state index contributed by atoms with van der Waals surface area (Å²) in [6.07, 6.45) is -0.609. The zero-order chi connectivity index (χ0) is 43.5. The molecule has 0 heterocycles. The van der Waals surface area contributed by atoms with Gasteiger partial charge in [-0.3, -0.25) is 4.79 Å². The molecule has 0 spiro atoms. The predicted octanol–water partition coefficient (Wildman–Crippen LogP) is 9.65. The Morgan fingerprint density at radius 2 is 1.02 bits per heavy atom. The summed E-state index contributed by atoms with van der Waals surface area (Å²) in [7, 11) is -5.17. The second-order valence-electron chi connectivity index (χ2n) is 17.8. The minimum absolute atomic E-state index is 0.0248. The molecule has 2 atom stereocenters. The molecule has 0 aromatic heterocycles. The summed E-state index contributed by atoms with van der Waals surface area (Å²) in [5, 5.41) is 0. The fourth-order valence-electron chi connectivity index (χ4n) is 6.91. The van der Waals surface area contributed by atoms with Crippen LogP contribution in [0.25, 0.3) is 0 Å². The van der Waals surface area contributed by atoms with Gasteiger partial charge in [-0.2, -0.15) is 0 Å². The first kappa shape index (κ1) is 46.1.